The highest BCUT2D eigenvalue weighted by atomic mass is 35.5. The number of benzene rings is 2. The summed E-state index contributed by atoms with van der Waals surface area (Å²) in [5.41, 5.74) is 11.9. The molecule has 0 amide bonds. The third-order valence-corrected chi connectivity index (χ3v) is 3.20. The van der Waals surface area contributed by atoms with Gasteiger partial charge in [0.1, 0.15) is 0 Å². The third-order valence-electron chi connectivity index (χ3n) is 2.90. The molecule has 0 unspecified atom stereocenters. The summed E-state index contributed by atoms with van der Waals surface area (Å²) in [6.07, 6.45) is 0. The summed E-state index contributed by atoms with van der Waals surface area (Å²) in [5.74, 6) is 0. The fourth-order valence-corrected chi connectivity index (χ4v) is 2.36. The summed E-state index contributed by atoms with van der Waals surface area (Å²) >= 11 is 6.27. The molecule has 2 aromatic rings. The van der Waals surface area contributed by atoms with Gasteiger partial charge in [-0.2, -0.15) is 0 Å². The molecule has 0 aliphatic carbocycles. The lowest BCUT2D eigenvalue weighted by Crippen LogP contribution is -1.99. The summed E-state index contributed by atoms with van der Waals surface area (Å²) < 4.78 is 0. The number of anilines is 3. The molecule has 0 bridgehead atoms. The average Bonchev–Trinajstić information content (AvgIpc) is 2.28. The first kappa shape index (κ1) is 12.8. The molecule has 2 nitrogen and oxygen atoms in total. The smallest absolute Gasteiger partial charge is 0.0646 e. The molecule has 0 aliphatic heterocycles. The fraction of sp³-hybridized carbons (Fsp3) is 0.200. The highest BCUT2D eigenvalue weighted by Crippen LogP contribution is 2.32. The van der Waals surface area contributed by atoms with Gasteiger partial charge in [-0.25, -0.2) is 0 Å². The lowest BCUT2D eigenvalue weighted by atomic mass is 10.1. The Bertz CT molecular complexity index is 568. The van der Waals surface area contributed by atoms with Crippen LogP contribution in [-0.4, -0.2) is 0 Å². The quantitative estimate of drug-likeness (QED) is 0.775. The molecule has 2 aromatic carbocycles. The van der Waals surface area contributed by atoms with E-state index in [1.165, 1.54) is 0 Å². The van der Waals surface area contributed by atoms with E-state index in [4.69, 9.17) is 17.3 Å². The van der Waals surface area contributed by atoms with Gasteiger partial charge in [0.25, 0.3) is 0 Å². The van der Waals surface area contributed by atoms with E-state index in [0.717, 1.165) is 33.8 Å². The first-order valence-electron chi connectivity index (χ1n) is 5.87. The van der Waals surface area contributed by atoms with Crippen LogP contribution in [0.25, 0.3) is 0 Å². The van der Waals surface area contributed by atoms with Crippen LogP contribution in [0.5, 0.6) is 0 Å². The van der Waals surface area contributed by atoms with E-state index >= 15 is 0 Å². The van der Waals surface area contributed by atoms with Gasteiger partial charge < -0.3 is 11.1 Å². The highest BCUT2D eigenvalue weighted by Gasteiger charge is 2.07. The molecular weight excluding hydrogens is 244 g/mol. The largest absolute Gasteiger partial charge is 0.397 e. The SMILES string of the molecule is Cc1cc(C)c(Nc2cc(C)ccc2N)c(Cl)c1. The molecule has 0 fully saturated rings. The van der Waals surface area contributed by atoms with Crippen molar-refractivity contribution < 1.29 is 0 Å². The van der Waals surface area contributed by atoms with Gasteiger partial charge in [0.05, 0.1) is 22.1 Å². The number of rotatable bonds is 2. The third kappa shape index (κ3) is 2.59. The first-order valence-corrected chi connectivity index (χ1v) is 6.25. The van der Waals surface area contributed by atoms with E-state index in [1.54, 1.807) is 0 Å². The summed E-state index contributed by atoms with van der Waals surface area (Å²) in [7, 11) is 0. The van der Waals surface area contributed by atoms with E-state index in [1.807, 2.05) is 45.0 Å². The monoisotopic (exact) mass is 260 g/mol. The second kappa shape index (κ2) is 4.91. The van der Waals surface area contributed by atoms with Crippen molar-refractivity contribution in [2.24, 2.45) is 0 Å². The lowest BCUT2D eigenvalue weighted by Gasteiger charge is -2.14. The Morgan fingerprint density at radius 3 is 2.39 bits per heavy atom. The van der Waals surface area contributed by atoms with Gasteiger partial charge in [-0.15, -0.1) is 0 Å². The van der Waals surface area contributed by atoms with Gasteiger partial charge >= 0.3 is 0 Å². The summed E-state index contributed by atoms with van der Waals surface area (Å²) in [6, 6.07) is 9.95. The van der Waals surface area contributed by atoms with Crippen LogP contribution in [0.2, 0.25) is 5.02 Å². The molecule has 3 N–H and O–H groups in total. The molecule has 94 valence electrons. The van der Waals surface area contributed by atoms with Crippen molar-refractivity contribution in [3.63, 3.8) is 0 Å². The zero-order valence-corrected chi connectivity index (χ0v) is 11.6. The zero-order chi connectivity index (χ0) is 13.3. The second-order valence-electron chi connectivity index (χ2n) is 4.65. The molecule has 0 atom stereocenters. The normalized spacial score (nSPS) is 10.4. The maximum atomic E-state index is 6.27. The Balaban J connectivity index is 2.43. The Hall–Kier alpha value is -1.67. The molecule has 0 saturated carbocycles. The molecule has 0 saturated heterocycles. The fourth-order valence-electron chi connectivity index (χ4n) is 1.99. The molecule has 2 rings (SSSR count). The number of nitrogens with two attached hydrogens (primary N) is 1. The van der Waals surface area contributed by atoms with Crippen LogP contribution in [-0.2, 0) is 0 Å². The highest BCUT2D eigenvalue weighted by molar-refractivity contribution is 6.33. The van der Waals surface area contributed by atoms with Crippen molar-refractivity contribution in [2.45, 2.75) is 20.8 Å². The molecule has 3 heteroatoms. The van der Waals surface area contributed by atoms with Crippen molar-refractivity contribution in [3.8, 4) is 0 Å². The van der Waals surface area contributed by atoms with Gasteiger partial charge in [-0.3, -0.25) is 0 Å². The van der Waals surface area contributed by atoms with Gasteiger partial charge in [0.2, 0.25) is 0 Å². The Kier molecular flexibility index (Phi) is 3.48. The maximum absolute atomic E-state index is 6.27. The molecule has 18 heavy (non-hydrogen) atoms. The number of aryl methyl sites for hydroxylation is 3. The molecule has 0 aromatic heterocycles. The predicted octanol–water partition coefficient (Wildman–Crippen LogP) is 4.59. The van der Waals surface area contributed by atoms with Crippen LogP contribution in [0.3, 0.4) is 0 Å². The number of halogens is 1. The first-order chi connectivity index (χ1) is 8.47. The Morgan fingerprint density at radius 2 is 1.72 bits per heavy atom. The summed E-state index contributed by atoms with van der Waals surface area (Å²) in [4.78, 5) is 0. The van der Waals surface area contributed by atoms with E-state index in [2.05, 4.69) is 11.4 Å². The molecule has 0 aliphatic rings. The van der Waals surface area contributed by atoms with Crippen LogP contribution < -0.4 is 11.1 Å². The Labute approximate surface area is 113 Å². The predicted molar refractivity (Wildman–Crippen MR) is 79.8 cm³/mol. The van der Waals surface area contributed by atoms with E-state index < -0.39 is 0 Å². The van der Waals surface area contributed by atoms with Crippen molar-refractivity contribution in [2.75, 3.05) is 11.1 Å². The van der Waals surface area contributed by atoms with Crippen LogP contribution in [0.1, 0.15) is 16.7 Å². The molecular formula is C15H17ClN2. The molecule has 0 spiro atoms. The Morgan fingerprint density at radius 1 is 1.00 bits per heavy atom. The summed E-state index contributed by atoms with van der Waals surface area (Å²) in [6.45, 7) is 6.10. The van der Waals surface area contributed by atoms with Crippen LogP contribution in [0.4, 0.5) is 17.1 Å². The minimum atomic E-state index is 0.716. The second-order valence-corrected chi connectivity index (χ2v) is 5.06. The van der Waals surface area contributed by atoms with Gasteiger partial charge in [-0.1, -0.05) is 23.7 Å². The molecule has 0 heterocycles. The summed E-state index contributed by atoms with van der Waals surface area (Å²) in [5, 5.41) is 4.04. The number of nitrogen functional groups attached to an aromatic ring is 1. The standard InChI is InChI=1S/C15H17ClN2/c1-9-4-5-13(17)14(8-9)18-15-11(3)6-10(2)7-12(15)16/h4-8,18H,17H2,1-3H3. The minimum Gasteiger partial charge on any atom is -0.397 e. The van der Waals surface area contributed by atoms with E-state index in [0.29, 0.717) is 5.02 Å². The van der Waals surface area contributed by atoms with E-state index in [9.17, 15) is 0 Å². The average molecular weight is 261 g/mol. The number of hydrogen-bond acceptors (Lipinski definition) is 2. The lowest BCUT2D eigenvalue weighted by molar-refractivity contribution is 1.36. The van der Waals surface area contributed by atoms with Crippen molar-refractivity contribution in [1.82, 2.24) is 0 Å². The van der Waals surface area contributed by atoms with Crippen LogP contribution in [0, 0.1) is 20.8 Å². The van der Waals surface area contributed by atoms with Gasteiger partial charge in [0.15, 0.2) is 0 Å². The van der Waals surface area contributed by atoms with Crippen molar-refractivity contribution in [1.29, 1.82) is 0 Å². The van der Waals surface area contributed by atoms with E-state index in [-0.39, 0.29) is 0 Å². The van der Waals surface area contributed by atoms with Crippen LogP contribution in [0.15, 0.2) is 30.3 Å². The maximum Gasteiger partial charge on any atom is 0.0646 e. The minimum absolute atomic E-state index is 0.716. The topological polar surface area (TPSA) is 38.0 Å². The van der Waals surface area contributed by atoms with Gasteiger partial charge in [-0.05, 0) is 55.7 Å². The zero-order valence-electron chi connectivity index (χ0n) is 10.8. The van der Waals surface area contributed by atoms with Crippen molar-refractivity contribution >= 4 is 28.7 Å². The van der Waals surface area contributed by atoms with Gasteiger partial charge in [0, 0.05) is 0 Å². The molecule has 0 radical (unpaired) electrons. The van der Waals surface area contributed by atoms with Crippen LogP contribution >= 0.6 is 11.6 Å². The number of hydrogen-bond donors (Lipinski definition) is 2. The van der Waals surface area contributed by atoms with Crippen molar-refractivity contribution in [3.05, 3.63) is 52.0 Å². The number of nitrogens with one attached hydrogen (secondary N) is 1.